The third kappa shape index (κ3) is 5.19. The first-order chi connectivity index (χ1) is 17.2. The molecule has 3 aromatic heterocycles. The van der Waals surface area contributed by atoms with Crippen molar-refractivity contribution in [3.05, 3.63) is 90.0 Å². The summed E-state index contributed by atoms with van der Waals surface area (Å²) in [6, 6.07) is 17.8. The molecule has 1 aromatic carbocycles. The van der Waals surface area contributed by atoms with Crippen LogP contribution >= 0.6 is 0 Å². The van der Waals surface area contributed by atoms with Gasteiger partial charge in [-0.05, 0) is 67.8 Å². The first-order valence-corrected chi connectivity index (χ1v) is 12.0. The number of anilines is 1. The molecular formula is C28H28N4O3. The number of carbonyl (C=O) groups excluding carboxylic acids is 1. The molecule has 1 N–H and O–H groups in total. The zero-order chi connectivity index (χ0) is 24.0. The van der Waals surface area contributed by atoms with Gasteiger partial charge in [0.05, 0.1) is 30.1 Å². The molecule has 0 aliphatic carbocycles. The third-order valence-corrected chi connectivity index (χ3v) is 5.97. The van der Waals surface area contributed by atoms with E-state index in [-0.39, 0.29) is 0 Å². The van der Waals surface area contributed by atoms with E-state index >= 15 is 0 Å². The summed E-state index contributed by atoms with van der Waals surface area (Å²) in [4.78, 5) is 21.4. The van der Waals surface area contributed by atoms with Crippen LogP contribution in [0.25, 0.3) is 16.6 Å². The average Bonchev–Trinajstić information content (AvgIpc) is 3.31. The molecule has 7 heteroatoms. The van der Waals surface area contributed by atoms with Crippen molar-refractivity contribution in [1.82, 2.24) is 14.5 Å². The van der Waals surface area contributed by atoms with Crippen molar-refractivity contribution in [2.45, 2.75) is 26.2 Å². The smallest absolute Gasteiger partial charge is 0.332 e. The van der Waals surface area contributed by atoms with Gasteiger partial charge in [-0.2, -0.15) is 0 Å². The van der Waals surface area contributed by atoms with Crippen LogP contribution in [0.2, 0.25) is 0 Å². The second-order valence-electron chi connectivity index (χ2n) is 8.34. The molecule has 0 saturated carbocycles. The molecule has 1 aliphatic heterocycles. The third-order valence-electron chi connectivity index (χ3n) is 5.97. The molecule has 5 rings (SSSR count). The van der Waals surface area contributed by atoms with Gasteiger partial charge in [-0.1, -0.05) is 12.1 Å². The second-order valence-corrected chi connectivity index (χ2v) is 8.34. The number of hydrogen-bond donors (Lipinski definition) is 1. The fourth-order valence-corrected chi connectivity index (χ4v) is 4.28. The summed E-state index contributed by atoms with van der Waals surface area (Å²) < 4.78 is 13.1. The van der Waals surface area contributed by atoms with Crippen LogP contribution in [0.15, 0.2) is 73.1 Å². The molecule has 0 unspecified atom stereocenters. The molecular weight excluding hydrogens is 440 g/mol. The number of nitrogens with zero attached hydrogens (tertiary/aromatic N) is 3. The summed E-state index contributed by atoms with van der Waals surface area (Å²) in [5, 5.41) is 4.38. The number of aromatic nitrogens is 3. The zero-order valence-electron chi connectivity index (χ0n) is 19.7. The van der Waals surface area contributed by atoms with Crippen molar-refractivity contribution in [2.75, 3.05) is 25.1 Å². The van der Waals surface area contributed by atoms with Gasteiger partial charge in [-0.25, -0.2) is 9.78 Å². The standard InChI is InChI=1S/C28H28N4O3/c1-2-34-27(33)19-26(24-7-3-4-14-29-24)32-16-12-21-18-23(10-11-25(21)32)35-17-13-22-9-8-20-6-5-15-30-28(20)31-22/h3-4,7-12,14,16,18-19H,2,5-6,13,15,17H2,1H3,(H,30,31)/b26-19-. The Hall–Kier alpha value is -4.13. The number of rotatable bonds is 8. The number of esters is 1. The lowest BCUT2D eigenvalue weighted by atomic mass is 10.1. The minimum absolute atomic E-state index is 0.315. The van der Waals surface area contributed by atoms with Crippen LogP contribution in [-0.4, -0.2) is 40.3 Å². The van der Waals surface area contributed by atoms with Gasteiger partial charge in [0.2, 0.25) is 0 Å². The van der Waals surface area contributed by atoms with Crippen LogP contribution in [0.4, 0.5) is 5.82 Å². The van der Waals surface area contributed by atoms with Gasteiger partial charge in [-0.15, -0.1) is 0 Å². The predicted molar refractivity (Wildman–Crippen MR) is 136 cm³/mol. The Bertz CT molecular complexity index is 1360. The van der Waals surface area contributed by atoms with Gasteiger partial charge in [-0.3, -0.25) is 4.98 Å². The van der Waals surface area contributed by atoms with E-state index in [0.29, 0.717) is 24.6 Å². The highest BCUT2D eigenvalue weighted by Gasteiger charge is 2.13. The van der Waals surface area contributed by atoms with Gasteiger partial charge >= 0.3 is 5.97 Å². The molecule has 0 bridgehead atoms. The van der Waals surface area contributed by atoms with Crippen LogP contribution in [0.1, 0.15) is 30.3 Å². The Morgan fingerprint density at radius 3 is 2.97 bits per heavy atom. The van der Waals surface area contributed by atoms with E-state index in [9.17, 15) is 4.79 Å². The number of carbonyl (C=O) groups is 1. The molecule has 0 fully saturated rings. The van der Waals surface area contributed by atoms with Crippen LogP contribution < -0.4 is 10.1 Å². The van der Waals surface area contributed by atoms with Gasteiger partial charge in [0.25, 0.3) is 0 Å². The maximum atomic E-state index is 12.3. The molecule has 7 nitrogen and oxygen atoms in total. The monoisotopic (exact) mass is 468 g/mol. The van der Waals surface area contributed by atoms with Gasteiger partial charge in [0.15, 0.2) is 0 Å². The summed E-state index contributed by atoms with van der Waals surface area (Å²) in [5.41, 5.74) is 4.60. The average molecular weight is 469 g/mol. The highest BCUT2D eigenvalue weighted by atomic mass is 16.5. The number of aryl methyl sites for hydroxylation is 1. The Labute approximate surface area is 204 Å². The number of hydrogen-bond acceptors (Lipinski definition) is 6. The summed E-state index contributed by atoms with van der Waals surface area (Å²) >= 11 is 0. The fraction of sp³-hybridized carbons (Fsp3) is 0.250. The highest BCUT2D eigenvalue weighted by molar-refractivity contribution is 5.94. The Kier molecular flexibility index (Phi) is 6.75. The summed E-state index contributed by atoms with van der Waals surface area (Å²) in [5.74, 6) is 1.40. The van der Waals surface area contributed by atoms with Crippen molar-refractivity contribution in [1.29, 1.82) is 0 Å². The first kappa shape index (κ1) is 22.7. The Balaban J connectivity index is 1.33. The summed E-state index contributed by atoms with van der Waals surface area (Å²) in [7, 11) is 0. The SMILES string of the molecule is CCOC(=O)/C=C(/c1ccccn1)n1ccc2cc(OCCc3ccc4c(n3)NCCC4)ccc21. The Morgan fingerprint density at radius 1 is 1.17 bits per heavy atom. The largest absolute Gasteiger partial charge is 0.493 e. The molecule has 0 atom stereocenters. The molecule has 0 spiro atoms. The van der Waals surface area contributed by atoms with Crippen molar-refractivity contribution in [3.63, 3.8) is 0 Å². The van der Waals surface area contributed by atoms with Crippen molar-refractivity contribution in [3.8, 4) is 5.75 Å². The van der Waals surface area contributed by atoms with E-state index < -0.39 is 5.97 Å². The molecule has 1 aliphatic rings. The lowest BCUT2D eigenvalue weighted by molar-refractivity contribution is -0.137. The molecule has 178 valence electrons. The lowest BCUT2D eigenvalue weighted by Gasteiger charge is -2.17. The molecule has 4 aromatic rings. The zero-order valence-corrected chi connectivity index (χ0v) is 19.7. The fourth-order valence-electron chi connectivity index (χ4n) is 4.28. The van der Waals surface area contributed by atoms with Gasteiger partial charge in [0, 0.05) is 42.5 Å². The van der Waals surface area contributed by atoms with Crippen molar-refractivity contribution >= 4 is 28.4 Å². The Morgan fingerprint density at radius 2 is 2.11 bits per heavy atom. The predicted octanol–water partition coefficient (Wildman–Crippen LogP) is 4.86. The van der Waals surface area contributed by atoms with Crippen LogP contribution in [-0.2, 0) is 22.4 Å². The minimum atomic E-state index is -0.402. The minimum Gasteiger partial charge on any atom is -0.493 e. The van der Waals surface area contributed by atoms with E-state index in [4.69, 9.17) is 14.5 Å². The number of nitrogens with one attached hydrogen (secondary N) is 1. The number of fused-ring (bicyclic) bond motifs is 2. The number of ether oxygens (including phenoxy) is 2. The van der Waals surface area contributed by atoms with Crippen LogP contribution in [0.5, 0.6) is 5.75 Å². The summed E-state index contributed by atoms with van der Waals surface area (Å²) in [6.45, 7) is 3.63. The first-order valence-electron chi connectivity index (χ1n) is 12.0. The van der Waals surface area contributed by atoms with Crippen molar-refractivity contribution in [2.24, 2.45) is 0 Å². The maximum absolute atomic E-state index is 12.3. The van der Waals surface area contributed by atoms with Gasteiger partial charge in [0.1, 0.15) is 11.6 Å². The second kappa shape index (κ2) is 10.4. The van der Waals surface area contributed by atoms with Crippen molar-refractivity contribution < 1.29 is 14.3 Å². The number of benzene rings is 1. The molecule has 0 saturated heterocycles. The van der Waals surface area contributed by atoms with Gasteiger partial charge < -0.3 is 19.4 Å². The molecule has 35 heavy (non-hydrogen) atoms. The van der Waals surface area contributed by atoms with E-state index in [1.54, 1.807) is 13.1 Å². The number of pyridine rings is 2. The maximum Gasteiger partial charge on any atom is 0.332 e. The topological polar surface area (TPSA) is 78.3 Å². The van der Waals surface area contributed by atoms with E-state index in [2.05, 4.69) is 22.4 Å². The lowest BCUT2D eigenvalue weighted by Crippen LogP contribution is -2.14. The molecule has 0 amide bonds. The quantitative estimate of drug-likeness (QED) is 0.294. The van der Waals surface area contributed by atoms with E-state index in [1.807, 2.05) is 53.2 Å². The summed E-state index contributed by atoms with van der Waals surface area (Å²) in [6.07, 6.45) is 8.10. The molecule has 4 heterocycles. The van der Waals surface area contributed by atoms with Crippen LogP contribution in [0.3, 0.4) is 0 Å². The van der Waals surface area contributed by atoms with E-state index in [1.165, 1.54) is 11.6 Å². The highest BCUT2D eigenvalue weighted by Crippen LogP contribution is 2.27. The normalized spacial score (nSPS) is 13.2. The van der Waals surface area contributed by atoms with Crippen LogP contribution in [0, 0.1) is 0 Å². The molecule has 0 radical (unpaired) electrons. The van der Waals surface area contributed by atoms with E-state index in [0.717, 1.165) is 54.0 Å².